The lowest BCUT2D eigenvalue weighted by molar-refractivity contribution is 0.592. The second-order valence-electron chi connectivity index (χ2n) is 6.92. The first-order chi connectivity index (χ1) is 13.8. The Morgan fingerprint density at radius 2 is 1.90 bits per heavy atom. The minimum absolute atomic E-state index is 0.130. The van der Waals surface area contributed by atoms with Gasteiger partial charge in [0, 0.05) is 17.4 Å². The van der Waals surface area contributed by atoms with E-state index in [0.29, 0.717) is 17.3 Å². The number of H-pyrrole nitrogens is 1. The van der Waals surface area contributed by atoms with Crippen molar-refractivity contribution in [3.63, 3.8) is 0 Å². The third-order valence-electron chi connectivity index (χ3n) is 4.31. The Kier molecular flexibility index (Phi) is 4.74. The quantitative estimate of drug-likeness (QED) is 0.492. The fourth-order valence-corrected chi connectivity index (χ4v) is 3.32. The molecule has 0 aliphatic rings. The van der Waals surface area contributed by atoms with Gasteiger partial charge in [0.2, 0.25) is 15.8 Å². The van der Waals surface area contributed by atoms with Crippen LogP contribution >= 0.6 is 0 Å². The van der Waals surface area contributed by atoms with Gasteiger partial charge in [-0.1, -0.05) is 44.2 Å². The number of hydrogen-bond acceptors (Lipinski definition) is 8. The summed E-state index contributed by atoms with van der Waals surface area (Å²) < 4.78 is 25.6. The zero-order chi connectivity index (χ0) is 20.6. The van der Waals surface area contributed by atoms with E-state index in [1.165, 1.54) is 4.52 Å². The number of anilines is 1. The molecule has 0 fully saturated rings. The molecule has 10 nitrogen and oxygen atoms in total. The molecule has 0 radical (unpaired) electrons. The second kappa shape index (κ2) is 7.24. The largest absolute Gasteiger partial charge is 0.347 e. The van der Waals surface area contributed by atoms with Gasteiger partial charge < -0.3 is 5.32 Å². The minimum Gasteiger partial charge on any atom is -0.347 e. The Morgan fingerprint density at radius 3 is 2.59 bits per heavy atom. The van der Waals surface area contributed by atoms with Crippen molar-refractivity contribution in [3.8, 4) is 11.4 Å². The lowest BCUT2D eigenvalue weighted by atomic mass is 10.1. The molecule has 3 aromatic heterocycles. The maximum absolute atomic E-state index is 12.1. The van der Waals surface area contributed by atoms with Crippen molar-refractivity contribution in [1.29, 1.82) is 0 Å². The molecule has 0 unspecified atom stereocenters. The van der Waals surface area contributed by atoms with E-state index in [2.05, 4.69) is 35.6 Å². The normalized spacial score (nSPS) is 12.0. The van der Waals surface area contributed by atoms with Crippen LogP contribution in [0.2, 0.25) is 0 Å². The molecular formula is C18H20N8O2S. The number of sulfone groups is 1. The van der Waals surface area contributed by atoms with Crippen LogP contribution in [0.5, 0.6) is 0 Å². The molecule has 29 heavy (non-hydrogen) atoms. The first-order valence-corrected chi connectivity index (χ1v) is 10.9. The molecule has 0 aliphatic heterocycles. The number of benzene rings is 1. The van der Waals surface area contributed by atoms with E-state index in [0.717, 1.165) is 17.4 Å². The molecule has 3 heterocycles. The standard InChI is InChI=1S/C18H20N8O2S/c1-11(2)13-9-20-26-16(13)22-18(29(3,27)28)23-17(26)19-10-14-21-15(25-24-14)12-7-5-4-6-8-12/h4-9,11H,10H2,1-3H3,(H,19,22,23)(H,21,24,25). The van der Waals surface area contributed by atoms with Gasteiger partial charge in [0.1, 0.15) is 5.82 Å². The molecule has 4 rings (SSSR count). The maximum Gasteiger partial charge on any atom is 0.252 e. The van der Waals surface area contributed by atoms with E-state index < -0.39 is 9.84 Å². The van der Waals surface area contributed by atoms with Crippen LogP contribution in [0.25, 0.3) is 17.0 Å². The minimum atomic E-state index is -3.59. The molecule has 150 valence electrons. The molecule has 0 saturated carbocycles. The summed E-state index contributed by atoms with van der Waals surface area (Å²) >= 11 is 0. The Bertz CT molecular complexity index is 1260. The molecule has 4 aromatic rings. The van der Waals surface area contributed by atoms with Crippen LogP contribution in [0, 0.1) is 0 Å². The van der Waals surface area contributed by atoms with Crippen molar-refractivity contribution in [3.05, 3.63) is 47.9 Å². The number of fused-ring (bicyclic) bond motifs is 1. The van der Waals surface area contributed by atoms with Crippen LogP contribution in [0.3, 0.4) is 0 Å². The summed E-state index contributed by atoms with van der Waals surface area (Å²) in [5.41, 5.74) is 2.19. The monoisotopic (exact) mass is 412 g/mol. The third-order valence-corrected chi connectivity index (χ3v) is 5.15. The number of nitrogens with one attached hydrogen (secondary N) is 2. The molecular weight excluding hydrogens is 392 g/mol. The first kappa shape index (κ1) is 19.0. The predicted octanol–water partition coefficient (Wildman–Crippen LogP) is 2.05. The molecule has 0 amide bonds. The topological polar surface area (TPSA) is 131 Å². The fraction of sp³-hybridized carbons (Fsp3) is 0.278. The van der Waals surface area contributed by atoms with Gasteiger partial charge in [0.25, 0.3) is 5.16 Å². The van der Waals surface area contributed by atoms with Gasteiger partial charge in [-0.25, -0.2) is 13.4 Å². The molecule has 11 heteroatoms. The van der Waals surface area contributed by atoms with E-state index in [1.807, 2.05) is 44.2 Å². The molecule has 0 atom stereocenters. The van der Waals surface area contributed by atoms with E-state index in [-0.39, 0.29) is 23.6 Å². The van der Waals surface area contributed by atoms with Crippen LogP contribution in [-0.2, 0) is 16.4 Å². The van der Waals surface area contributed by atoms with E-state index in [4.69, 9.17) is 0 Å². The van der Waals surface area contributed by atoms with Crippen molar-refractivity contribution in [2.75, 3.05) is 11.6 Å². The highest BCUT2D eigenvalue weighted by Gasteiger charge is 2.20. The summed E-state index contributed by atoms with van der Waals surface area (Å²) in [6.07, 6.45) is 2.75. The Morgan fingerprint density at radius 1 is 1.14 bits per heavy atom. The number of aromatic amines is 1. The Labute approximate surface area is 167 Å². The highest BCUT2D eigenvalue weighted by atomic mass is 32.2. The second-order valence-corrected chi connectivity index (χ2v) is 8.83. The van der Waals surface area contributed by atoms with Crippen LogP contribution in [0.4, 0.5) is 5.95 Å². The van der Waals surface area contributed by atoms with Gasteiger partial charge >= 0.3 is 0 Å². The summed E-state index contributed by atoms with van der Waals surface area (Å²) in [6.45, 7) is 4.24. The number of hydrogen-bond donors (Lipinski definition) is 2. The van der Waals surface area contributed by atoms with Crippen molar-refractivity contribution >= 4 is 21.4 Å². The zero-order valence-corrected chi connectivity index (χ0v) is 17.0. The van der Waals surface area contributed by atoms with Crippen LogP contribution in [0.1, 0.15) is 31.2 Å². The van der Waals surface area contributed by atoms with E-state index >= 15 is 0 Å². The predicted molar refractivity (Wildman–Crippen MR) is 107 cm³/mol. The highest BCUT2D eigenvalue weighted by molar-refractivity contribution is 7.90. The summed E-state index contributed by atoms with van der Waals surface area (Å²) in [4.78, 5) is 12.8. The third kappa shape index (κ3) is 3.81. The van der Waals surface area contributed by atoms with Gasteiger partial charge in [0.05, 0.1) is 12.7 Å². The number of nitrogens with zero attached hydrogens (tertiary/aromatic N) is 6. The lowest BCUT2D eigenvalue weighted by Crippen LogP contribution is -2.14. The van der Waals surface area contributed by atoms with Gasteiger partial charge in [0.15, 0.2) is 11.5 Å². The molecule has 0 aliphatic carbocycles. The van der Waals surface area contributed by atoms with Gasteiger partial charge in [-0.15, -0.1) is 0 Å². The first-order valence-electron chi connectivity index (χ1n) is 8.99. The lowest BCUT2D eigenvalue weighted by Gasteiger charge is -2.09. The Balaban J connectivity index is 1.66. The summed E-state index contributed by atoms with van der Waals surface area (Å²) in [5, 5.41) is 14.2. The number of rotatable bonds is 6. The van der Waals surface area contributed by atoms with E-state index in [9.17, 15) is 8.42 Å². The van der Waals surface area contributed by atoms with Crippen molar-refractivity contribution in [1.82, 2.24) is 34.8 Å². The van der Waals surface area contributed by atoms with Gasteiger partial charge in [-0.2, -0.15) is 24.7 Å². The average Bonchev–Trinajstić information content (AvgIpc) is 3.33. The van der Waals surface area contributed by atoms with Crippen molar-refractivity contribution < 1.29 is 8.42 Å². The van der Waals surface area contributed by atoms with Crippen molar-refractivity contribution in [2.24, 2.45) is 0 Å². The van der Waals surface area contributed by atoms with Gasteiger partial charge in [-0.05, 0) is 5.92 Å². The molecule has 0 bridgehead atoms. The molecule has 0 saturated heterocycles. The van der Waals surface area contributed by atoms with Crippen LogP contribution in [0.15, 0.2) is 41.7 Å². The zero-order valence-electron chi connectivity index (χ0n) is 16.2. The highest BCUT2D eigenvalue weighted by Crippen LogP contribution is 2.22. The Hall–Kier alpha value is -3.34. The summed E-state index contributed by atoms with van der Waals surface area (Å²) in [6, 6.07) is 9.59. The molecule has 1 aromatic carbocycles. The summed E-state index contributed by atoms with van der Waals surface area (Å²) in [7, 11) is -3.59. The van der Waals surface area contributed by atoms with Crippen LogP contribution < -0.4 is 5.32 Å². The van der Waals surface area contributed by atoms with Crippen LogP contribution in [-0.4, -0.2) is 49.4 Å². The van der Waals surface area contributed by atoms with Crippen molar-refractivity contribution in [2.45, 2.75) is 31.5 Å². The maximum atomic E-state index is 12.1. The molecule has 0 spiro atoms. The average molecular weight is 412 g/mol. The van der Waals surface area contributed by atoms with E-state index in [1.54, 1.807) is 6.20 Å². The summed E-state index contributed by atoms with van der Waals surface area (Å²) in [5.74, 6) is 1.55. The number of aromatic nitrogens is 7. The van der Waals surface area contributed by atoms with Gasteiger partial charge in [-0.3, -0.25) is 5.10 Å². The SMILES string of the molecule is CC(C)c1cnn2c(NCc3nc(-c4ccccc4)n[nH]3)nc(S(C)(=O)=O)nc12. The fourth-order valence-electron chi connectivity index (χ4n) is 2.82. The molecule has 2 N–H and O–H groups in total. The smallest absolute Gasteiger partial charge is 0.252 e.